The number of rotatable bonds is 5. The van der Waals surface area contributed by atoms with Crippen molar-refractivity contribution in [2.24, 2.45) is 11.3 Å². The summed E-state index contributed by atoms with van der Waals surface area (Å²) >= 11 is 0. The average molecular weight is 430 g/mol. The van der Waals surface area contributed by atoms with Gasteiger partial charge in [0, 0.05) is 5.69 Å². The number of esters is 1. The molecular formula is C23H31N3O5. The molecule has 0 radical (unpaired) electrons. The second-order valence-corrected chi connectivity index (χ2v) is 9.77. The smallest absolute Gasteiger partial charge is 0.326 e. The molecular weight excluding hydrogens is 398 g/mol. The van der Waals surface area contributed by atoms with E-state index in [4.69, 9.17) is 4.74 Å². The molecule has 1 saturated carbocycles. The standard InChI is InChI=1S/C23H31N3O5/c1-14-9-22(4,5)13-23(10-14)20(29)26(21(30)25-23)11-19(28)31-12-18(27)24-17-7-6-15(2)16(3)8-17/h6-8,14H,9-13H2,1-5H3,(H,24,27)(H,25,30)/t14-,23-/m1/s1. The van der Waals surface area contributed by atoms with Crippen molar-refractivity contribution < 1.29 is 23.9 Å². The minimum atomic E-state index is -0.973. The molecule has 1 aromatic carbocycles. The van der Waals surface area contributed by atoms with Crippen LogP contribution in [-0.4, -0.2) is 47.4 Å². The summed E-state index contributed by atoms with van der Waals surface area (Å²) in [5.74, 6) is -1.42. The monoisotopic (exact) mass is 429 g/mol. The molecule has 1 aliphatic heterocycles. The van der Waals surface area contributed by atoms with E-state index in [0.717, 1.165) is 22.4 Å². The number of nitrogens with zero attached hydrogens (tertiary/aromatic N) is 1. The fourth-order valence-corrected chi connectivity index (χ4v) is 4.99. The van der Waals surface area contributed by atoms with Gasteiger partial charge >= 0.3 is 12.0 Å². The van der Waals surface area contributed by atoms with E-state index >= 15 is 0 Å². The molecule has 3 rings (SSSR count). The third-order valence-corrected chi connectivity index (χ3v) is 6.07. The van der Waals surface area contributed by atoms with Crippen LogP contribution in [0.15, 0.2) is 18.2 Å². The molecule has 2 fully saturated rings. The highest BCUT2D eigenvalue weighted by molar-refractivity contribution is 6.09. The van der Waals surface area contributed by atoms with Crippen LogP contribution in [0.4, 0.5) is 10.5 Å². The number of ether oxygens (including phenoxy) is 1. The van der Waals surface area contributed by atoms with Crippen LogP contribution >= 0.6 is 0 Å². The topological polar surface area (TPSA) is 105 Å². The van der Waals surface area contributed by atoms with Gasteiger partial charge in [0.15, 0.2) is 6.61 Å². The molecule has 1 aliphatic carbocycles. The minimum absolute atomic E-state index is 0.0937. The van der Waals surface area contributed by atoms with E-state index in [0.29, 0.717) is 18.5 Å². The number of aryl methyl sites for hydroxylation is 2. The molecule has 4 amide bonds. The normalized spacial score (nSPS) is 24.8. The molecule has 0 aromatic heterocycles. The fourth-order valence-electron chi connectivity index (χ4n) is 4.99. The van der Waals surface area contributed by atoms with Crippen LogP contribution in [0, 0.1) is 25.2 Å². The number of carbonyl (C=O) groups is 4. The van der Waals surface area contributed by atoms with Crippen LogP contribution in [0.1, 0.15) is 51.2 Å². The predicted octanol–water partition coefficient (Wildman–Crippen LogP) is 2.92. The Morgan fingerprint density at radius 2 is 1.90 bits per heavy atom. The second kappa shape index (κ2) is 8.32. The van der Waals surface area contributed by atoms with Gasteiger partial charge in [-0.25, -0.2) is 4.79 Å². The third kappa shape index (κ3) is 5.06. The lowest BCUT2D eigenvalue weighted by atomic mass is 9.64. The summed E-state index contributed by atoms with van der Waals surface area (Å²) in [6.07, 6.45) is 2.04. The summed E-state index contributed by atoms with van der Waals surface area (Å²) in [5.41, 5.74) is 1.67. The van der Waals surface area contributed by atoms with Crippen molar-refractivity contribution in [2.45, 2.75) is 59.4 Å². The number of nitrogens with one attached hydrogen (secondary N) is 2. The van der Waals surface area contributed by atoms with Crippen molar-refractivity contribution in [3.05, 3.63) is 29.3 Å². The van der Waals surface area contributed by atoms with Gasteiger partial charge in [-0.2, -0.15) is 0 Å². The first-order valence-corrected chi connectivity index (χ1v) is 10.6. The number of hydrogen-bond donors (Lipinski definition) is 2. The van der Waals surface area contributed by atoms with Crippen molar-refractivity contribution in [1.29, 1.82) is 0 Å². The molecule has 2 N–H and O–H groups in total. The summed E-state index contributed by atoms with van der Waals surface area (Å²) in [6.45, 7) is 9.11. The van der Waals surface area contributed by atoms with Gasteiger partial charge in [0.1, 0.15) is 12.1 Å². The Bertz CT molecular complexity index is 926. The molecule has 0 bridgehead atoms. The zero-order valence-electron chi connectivity index (χ0n) is 18.8. The van der Waals surface area contributed by atoms with E-state index in [1.807, 2.05) is 26.0 Å². The number of anilines is 1. The SMILES string of the molecule is Cc1ccc(NC(=O)COC(=O)CN2C(=O)N[C@@]3(C[C@H](C)CC(C)(C)C3)C2=O)cc1C. The molecule has 1 heterocycles. The number of carbonyl (C=O) groups excluding carboxylic acids is 4. The second-order valence-electron chi connectivity index (χ2n) is 9.77. The van der Waals surface area contributed by atoms with E-state index in [2.05, 4.69) is 31.4 Å². The van der Waals surface area contributed by atoms with Gasteiger partial charge in [-0.15, -0.1) is 0 Å². The van der Waals surface area contributed by atoms with Gasteiger partial charge in [-0.3, -0.25) is 19.3 Å². The number of urea groups is 1. The van der Waals surface area contributed by atoms with Gasteiger partial charge in [-0.05, 0) is 67.7 Å². The quantitative estimate of drug-likeness (QED) is 0.553. The largest absolute Gasteiger partial charge is 0.454 e. The molecule has 1 saturated heterocycles. The van der Waals surface area contributed by atoms with E-state index in [1.165, 1.54) is 0 Å². The Morgan fingerprint density at radius 1 is 1.19 bits per heavy atom. The Balaban J connectivity index is 1.55. The molecule has 2 aliphatic rings. The number of hydrogen-bond acceptors (Lipinski definition) is 5. The first-order chi connectivity index (χ1) is 14.4. The van der Waals surface area contributed by atoms with E-state index in [1.54, 1.807) is 6.07 Å². The molecule has 0 unspecified atom stereocenters. The van der Waals surface area contributed by atoms with Crippen LogP contribution < -0.4 is 10.6 Å². The molecule has 1 spiro atoms. The lowest BCUT2D eigenvalue weighted by molar-refractivity contribution is -0.150. The maximum absolute atomic E-state index is 13.1. The van der Waals surface area contributed by atoms with Crippen LogP contribution in [0.5, 0.6) is 0 Å². The summed E-state index contributed by atoms with van der Waals surface area (Å²) in [7, 11) is 0. The first kappa shape index (κ1) is 22.8. The van der Waals surface area contributed by atoms with Crippen LogP contribution in [-0.2, 0) is 19.1 Å². The molecule has 8 nitrogen and oxygen atoms in total. The average Bonchev–Trinajstić information content (AvgIpc) is 2.84. The highest BCUT2D eigenvalue weighted by atomic mass is 16.5. The highest BCUT2D eigenvalue weighted by Gasteiger charge is 2.56. The maximum Gasteiger partial charge on any atom is 0.326 e. The van der Waals surface area contributed by atoms with Crippen LogP contribution in [0.2, 0.25) is 0 Å². The predicted molar refractivity (Wildman–Crippen MR) is 115 cm³/mol. The van der Waals surface area contributed by atoms with Gasteiger partial charge in [0.25, 0.3) is 11.8 Å². The summed E-state index contributed by atoms with van der Waals surface area (Å²) in [5, 5.41) is 5.48. The fraction of sp³-hybridized carbons (Fsp3) is 0.565. The molecule has 2 atom stereocenters. The van der Waals surface area contributed by atoms with Crippen molar-refractivity contribution in [3.63, 3.8) is 0 Å². The third-order valence-electron chi connectivity index (χ3n) is 6.07. The molecule has 168 valence electrons. The zero-order valence-corrected chi connectivity index (χ0v) is 18.8. The van der Waals surface area contributed by atoms with Gasteiger partial charge < -0.3 is 15.4 Å². The molecule has 8 heteroatoms. The summed E-state index contributed by atoms with van der Waals surface area (Å²) in [6, 6.07) is 4.89. The van der Waals surface area contributed by atoms with Crippen molar-refractivity contribution >= 4 is 29.5 Å². The van der Waals surface area contributed by atoms with Crippen molar-refractivity contribution in [3.8, 4) is 0 Å². The zero-order chi connectivity index (χ0) is 23.0. The van der Waals surface area contributed by atoms with E-state index in [9.17, 15) is 19.2 Å². The van der Waals surface area contributed by atoms with Crippen LogP contribution in [0.3, 0.4) is 0 Å². The van der Waals surface area contributed by atoms with Gasteiger partial charge in [0.2, 0.25) is 0 Å². The van der Waals surface area contributed by atoms with Gasteiger partial charge in [-0.1, -0.05) is 26.8 Å². The maximum atomic E-state index is 13.1. The number of amides is 4. The lowest BCUT2D eigenvalue weighted by Gasteiger charge is -2.43. The van der Waals surface area contributed by atoms with E-state index in [-0.39, 0.29) is 11.3 Å². The Morgan fingerprint density at radius 3 is 2.55 bits per heavy atom. The van der Waals surface area contributed by atoms with Crippen molar-refractivity contribution in [2.75, 3.05) is 18.5 Å². The minimum Gasteiger partial charge on any atom is -0.454 e. The lowest BCUT2D eigenvalue weighted by Crippen LogP contribution is -2.54. The molecule has 1 aromatic rings. The first-order valence-electron chi connectivity index (χ1n) is 10.6. The Hall–Kier alpha value is -2.90. The van der Waals surface area contributed by atoms with E-state index < -0.39 is 42.5 Å². The Kier molecular flexibility index (Phi) is 6.11. The summed E-state index contributed by atoms with van der Waals surface area (Å²) < 4.78 is 5.00. The van der Waals surface area contributed by atoms with Crippen LogP contribution in [0.25, 0.3) is 0 Å². The highest BCUT2D eigenvalue weighted by Crippen LogP contribution is 2.46. The number of imide groups is 1. The van der Waals surface area contributed by atoms with Crippen molar-refractivity contribution in [1.82, 2.24) is 10.2 Å². The molecule has 31 heavy (non-hydrogen) atoms. The number of benzene rings is 1. The Labute approximate surface area is 182 Å². The van der Waals surface area contributed by atoms with Gasteiger partial charge in [0.05, 0.1) is 0 Å². The summed E-state index contributed by atoms with van der Waals surface area (Å²) in [4.78, 5) is 50.7.